The van der Waals surface area contributed by atoms with Gasteiger partial charge in [-0.15, -0.1) is 5.10 Å². The second-order valence-electron chi connectivity index (χ2n) is 23.0. The fourth-order valence-corrected chi connectivity index (χ4v) is 10.1. The molecule has 2 aliphatic carbocycles. The van der Waals surface area contributed by atoms with Gasteiger partial charge in [-0.1, -0.05) is 118 Å². The minimum atomic E-state index is -0.669. The van der Waals surface area contributed by atoms with E-state index in [4.69, 9.17) is 19.7 Å². The molecule has 0 bridgehead atoms. The molecule has 8 heteroatoms. The molecule has 0 aliphatic heterocycles. The maximum absolute atomic E-state index is 14.8. The van der Waals surface area contributed by atoms with Crippen molar-refractivity contribution in [3.63, 3.8) is 0 Å². The van der Waals surface area contributed by atoms with Crippen LogP contribution in [0.15, 0.2) is 24.3 Å². The molecule has 3 aromatic rings. The van der Waals surface area contributed by atoms with Crippen LogP contribution in [0.25, 0.3) is 17.0 Å². The third kappa shape index (κ3) is 8.96. The van der Waals surface area contributed by atoms with Gasteiger partial charge in [-0.2, -0.15) is 4.63 Å². The number of fused-ring (bicyclic) bond motifs is 1. The number of carbonyl (C=O) groups excluding carboxylic acids is 1. The molecular weight excluding hydrogens is 673 g/mol. The molecule has 2 fully saturated rings. The van der Waals surface area contributed by atoms with E-state index in [1.54, 1.807) is 4.63 Å². The van der Waals surface area contributed by atoms with Gasteiger partial charge in [0.25, 0.3) is 0 Å². The summed E-state index contributed by atoms with van der Waals surface area (Å²) in [5.41, 5.74) is 3.37. The van der Waals surface area contributed by atoms with Crippen LogP contribution in [0.3, 0.4) is 0 Å². The van der Waals surface area contributed by atoms with Crippen molar-refractivity contribution in [1.29, 1.82) is 0 Å². The van der Waals surface area contributed by atoms with Gasteiger partial charge in [-0.05, 0) is 101 Å². The van der Waals surface area contributed by atoms with Gasteiger partial charge < -0.3 is 4.74 Å². The first-order valence-electron chi connectivity index (χ1n) is 20.7. The SMILES string of the molecule is CC1CC(C(C)(C)C)C(OC(=O)c2cc(-c3nc4cc(C(C)(C)C)[nH]n4n3)cc(C(OO)C3C(C(C)(C)C)CC(C)CC3C(C)(C)C)c2)C(C(C)(C)C)C1. The number of nitrogens with one attached hydrogen (secondary N) is 1. The summed E-state index contributed by atoms with van der Waals surface area (Å²) in [5, 5.41) is 19.3. The van der Waals surface area contributed by atoms with E-state index in [-0.39, 0.29) is 68.7 Å². The number of rotatable bonds is 6. The van der Waals surface area contributed by atoms with Crippen molar-refractivity contribution in [3.8, 4) is 11.4 Å². The average molecular weight is 747 g/mol. The van der Waals surface area contributed by atoms with Crippen molar-refractivity contribution >= 4 is 11.6 Å². The molecule has 8 nitrogen and oxygen atoms in total. The topological polar surface area (TPSA) is 102 Å². The normalized spacial score (nSPS) is 28.3. The summed E-state index contributed by atoms with van der Waals surface area (Å²) < 4.78 is 8.48. The van der Waals surface area contributed by atoms with Gasteiger partial charge in [0.2, 0.25) is 0 Å². The first-order valence-corrected chi connectivity index (χ1v) is 20.7. The molecule has 5 rings (SSSR count). The lowest BCUT2D eigenvalue weighted by Crippen LogP contribution is -2.49. The van der Waals surface area contributed by atoms with E-state index in [1.807, 2.05) is 24.3 Å². The number of ether oxygens (including phenoxy) is 1. The Morgan fingerprint density at radius 3 is 1.65 bits per heavy atom. The first-order chi connectivity index (χ1) is 24.6. The number of aromatic amines is 1. The van der Waals surface area contributed by atoms with E-state index in [2.05, 4.69) is 123 Å². The Morgan fingerprint density at radius 1 is 0.741 bits per heavy atom. The lowest BCUT2D eigenvalue weighted by molar-refractivity contribution is -0.310. The highest BCUT2D eigenvalue weighted by molar-refractivity contribution is 5.91. The highest BCUT2D eigenvalue weighted by Crippen LogP contribution is 2.57. The number of carbonyl (C=O) groups is 1. The summed E-state index contributed by atoms with van der Waals surface area (Å²) in [5.74, 6) is 2.20. The number of nitrogens with zero attached hydrogens (tertiary/aromatic N) is 3. The zero-order chi connectivity index (χ0) is 40.5. The summed E-state index contributed by atoms with van der Waals surface area (Å²) in [7, 11) is 0. The Labute approximate surface area is 326 Å². The van der Waals surface area contributed by atoms with Crippen molar-refractivity contribution in [3.05, 3.63) is 41.1 Å². The van der Waals surface area contributed by atoms with Gasteiger partial charge in [0.15, 0.2) is 11.5 Å². The summed E-state index contributed by atoms with van der Waals surface area (Å²) in [6.45, 7) is 38.6. The summed E-state index contributed by atoms with van der Waals surface area (Å²) in [4.78, 5) is 25.4. The molecule has 2 saturated carbocycles. The minimum Gasteiger partial charge on any atom is -0.458 e. The molecule has 2 aliphatic rings. The van der Waals surface area contributed by atoms with Crippen LogP contribution in [0.5, 0.6) is 0 Å². The Hall–Kier alpha value is -2.71. The first kappa shape index (κ1) is 42.4. The predicted molar refractivity (Wildman–Crippen MR) is 219 cm³/mol. The van der Waals surface area contributed by atoms with Crippen LogP contribution in [-0.4, -0.2) is 37.1 Å². The number of aromatic nitrogens is 4. The molecule has 5 atom stereocenters. The van der Waals surface area contributed by atoms with E-state index in [0.29, 0.717) is 34.4 Å². The third-order valence-electron chi connectivity index (χ3n) is 13.2. The van der Waals surface area contributed by atoms with E-state index in [0.717, 1.165) is 36.9 Å². The summed E-state index contributed by atoms with van der Waals surface area (Å²) >= 11 is 0. The Kier molecular flexibility index (Phi) is 11.5. The maximum Gasteiger partial charge on any atom is 0.338 e. The summed E-state index contributed by atoms with van der Waals surface area (Å²) in [6, 6.07) is 7.83. The quantitative estimate of drug-likeness (QED) is 0.148. The van der Waals surface area contributed by atoms with Gasteiger partial charge >= 0.3 is 5.97 Å². The smallest absolute Gasteiger partial charge is 0.338 e. The van der Waals surface area contributed by atoms with Crippen LogP contribution < -0.4 is 0 Å². The number of hydrogen-bond acceptors (Lipinski definition) is 6. The van der Waals surface area contributed by atoms with E-state index >= 15 is 0 Å². The van der Waals surface area contributed by atoms with Crippen molar-refractivity contribution < 1.29 is 19.7 Å². The second-order valence-corrected chi connectivity index (χ2v) is 23.0. The van der Waals surface area contributed by atoms with E-state index in [9.17, 15) is 10.1 Å². The molecule has 5 unspecified atom stereocenters. The molecule has 2 heterocycles. The fraction of sp³-hybridized carbons (Fsp3) is 0.761. The molecular formula is C46H74N4O4. The highest BCUT2D eigenvalue weighted by atomic mass is 17.1. The Morgan fingerprint density at radius 2 is 1.22 bits per heavy atom. The lowest BCUT2D eigenvalue weighted by atomic mass is 9.53. The molecule has 54 heavy (non-hydrogen) atoms. The standard InChI is InChI=1S/C46H74N4O4/c1-26-18-31(42(3,4)5)37(32(19-26)43(6,7)8)38(54-52)28-22-29(40-47-36-25-35(46(15,16)17)48-50(36)49-40)24-30(23-28)41(51)53-39-33(44(9,10)11)20-27(2)21-34(39)45(12,13)14/h22-27,31-34,37-39,48,52H,18-21H2,1-17H3. The lowest BCUT2D eigenvalue weighted by Gasteiger charge is -2.53. The molecule has 302 valence electrons. The van der Waals surface area contributed by atoms with Crippen molar-refractivity contribution in [1.82, 2.24) is 19.8 Å². The van der Waals surface area contributed by atoms with Crippen LogP contribution in [0.1, 0.15) is 171 Å². The van der Waals surface area contributed by atoms with E-state index in [1.165, 1.54) is 0 Å². The molecule has 0 saturated heterocycles. The van der Waals surface area contributed by atoms with Crippen molar-refractivity contribution in [2.24, 2.45) is 63.1 Å². The maximum atomic E-state index is 14.8. The highest BCUT2D eigenvalue weighted by Gasteiger charge is 2.51. The monoisotopic (exact) mass is 747 g/mol. The van der Waals surface area contributed by atoms with Crippen molar-refractivity contribution in [2.45, 2.75) is 161 Å². The van der Waals surface area contributed by atoms with Gasteiger partial charge in [0.1, 0.15) is 12.2 Å². The number of H-pyrrole nitrogens is 1. The van der Waals surface area contributed by atoms with Crippen molar-refractivity contribution in [2.75, 3.05) is 0 Å². The van der Waals surface area contributed by atoms with Gasteiger partial charge in [0, 0.05) is 34.6 Å². The fourth-order valence-electron chi connectivity index (χ4n) is 10.1. The zero-order valence-corrected chi connectivity index (χ0v) is 36.8. The van der Waals surface area contributed by atoms with Gasteiger partial charge in [-0.3, -0.25) is 10.4 Å². The molecule has 0 amide bonds. The number of benzene rings is 1. The average Bonchev–Trinajstić information content (AvgIpc) is 3.61. The van der Waals surface area contributed by atoms with Crippen LogP contribution in [-0.2, 0) is 15.0 Å². The Bertz CT molecular complexity index is 1690. The Balaban J connectivity index is 1.67. The molecule has 2 N–H and O–H groups in total. The number of hydrogen-bond donors (Lipinski definition) is 2. The predicted octanol–water partition coefficient (Wildman–Crippen LogP) is 12.2. The van der Waals surface area contributed by atoms with Crippen LogP contribution >= 0.6 is 0 Å². The van der Waals surface area contributed by atoms with Gasteiger partial charge in [-0.25, -0.2) is 14.7 Å². The van der Waals surface area contributed by atoms with Gasteiger partial charge in [0.05, 0.1) is 5.56 Å². The molecule has 1 aromatic carbocycles. The van der Waals surface area contributed by atoms with Crippen LogP contribution in [0.2, 0.25) is 0 Å². The van der Waals surface area contributed by atoms with Crippen LogP contribution in [0, 0.1) is 63.1 Å². The largest absolute Gasteiger partial charge is 0.458 e. The molecule has 2 aromatic heterocycles. The second kappa shape index (κ2) is 14.7. The zero-order valence-electron chi connectivity index (χ0n) is 36.8. The van der Waals surface area contributed by atoms with Crippen LogP contribution in [0.4, 0.5) is 0 Å². The molecule has 0 spiro atoms. The van der Waals surface area contributed by atoms with E-state index < -0.39 is 6.10 Å². The minimum absolute atomic E-state index is 0.000371. The third-order valence-corrected chi connectivity index (χ3v) is 13.2. The summed E-state index contributed by atoms with van der Waals surface area (Å²) in [6.07, 6.45) is 3.22. The number of esters is 1. The molecule has 0 radical (unpaired) electrons.